The summed E-state index contributed by atoms with van der Waals surface area (Å²) in [6.07, 6.45) is 6.74. The zero-order chi connectivity index (χ0) is 9.10. The number of hydrogen-bond acceptors (Lipinski definition) is 3. The van der Waals surface area contributed by atoms with Gasteiger partial charge in [0.1, 0.15) is 0 Å². The van der Waals surface area contributed by atoms with Crippen molar-refractivity contribution >= 4 is 12.6 Å². The molecule has 2 rings (SSSR count). The first-order valence-corrected chi connectivity index (χ1v) is 6.06. The van der Waals surface area contributed by atoms with Crippen LogP contribution in [0.25, 0.3) is 0 Å². The second-order valence-electron chi connectivity index (χ2n) is 4.20. The minimum absolute atomic E-state index is 0.654. The molecule has 0 amide bonds. The number of piperidine rings is 2. The van der Waals surface area contributed by atoms with Crippen LogP contribution >= 0.6 is 12.6 Å². The molecule has 0 aromatic carbocycles. The van der Waals surface area contributed by atoms with Crippen LogP contribution in [0, 0.1) is 0 Å². The Balaban J connectivity index is 1.79. The monoisotopic (exact) mass is 200 g/mol. The lowest BCUT2D eigenvalue weighted by atomic mass is 10.1. The van der Waals surface area contributed by atoms with E-state index >= 15 is 0 Å². The van der Waals surface area contributed by atoms with Gasteiger partial charge in [0, 0.05) is 31.4 Å². The van der Waals surface area contributed by atoms with E-state index in [1.54, 1.807) is 0 Å². The Hall–Kier alpha value is 0.270. The van der Waals surface area contributed by atoms with Crippen molar-refractivity contribution < 1.29 is 0 Å². The Morgan fingerprint density at radius 1 is 0.769 bits per heavy atom. The van der Waals surface area contributed by atoms with E-state index < -0.39 is 0 Å². The third-order valence-corrected chi connectivity index (χ3v) is 3.69. The lowest BCUT2D eigenvalue weighted by molar-refractivity contribution is -0.0507. The molecule has 2 saturated heterocycles. The molecule has 0 bridgehead atoms. The molecule has 2 nitrogen and oxygen atoms in total. The topological polar surface area (TPSA) is 6.48 Å². The third-order valence-electron chi connectivity index (χ3n) is 3.17. The first-order chi connectivity index (χ1) is 6.36. The molecular formula is C10H20N2S. The van der Waals surface area contributed by atoms with Crippen molar-refractivity contribution in [1.29, 1.82) is 0 Å². The van der Waals surface area contributed by atoms with Crippen molar-refractivity contribution in [3.63, 3.8) is 0 Å². The summed E-state index contributed by atoms with van der Waals surface area (Å²) in [5.41, 5.74) is 0. The molecule has 0 N–H and O–H groups in total. The zero-order valence-electron chi connectivity index (χ0n) is 8.28. The minimum Gasteiger partial charge on any atom is -0.242 e. The van der Waals surface area contributed by atoms with Crippen LogP contribution in [-0.4, -0.2) is 41.4 Å². The highest BCUT2D eigenvalue weighted by atomic mass is 32.1. The molecule has 0 unspecified atom stereocenters. The van der Waals surface area contributed by atoms with Gasteiger partial charge < -0.3 is 0 Å². The van der Waals surface area contributed by atoms with Crippen LogP contribution in [0.3, 0.4) is 0 Å². The highest BCUT2D eigenvalue weighted by Crippen LogP contribution is 2.19. The van der Waals surface area contributed by atoms with Crippen LogP contribution in [0.1, 0.15) is 32.1 Å². The van der Waals surface area contributed by atoms with E-state index in [1.165, 1.54) is 58.3 Å². The van der Waals surface area contributed by atoms with Gasteiger partial charge in [0.2, 0.25) is 0 Å². The fourth-order valence-electron chi connectivity index (χ4n) is 2.30. The molecule has 0 spiro atoms. The molecule has 3 heteroatoms. The summed E-state index contributed by atoms with van der Waals surface area (Å²) in [6.45, 7) is 5.04. The van der Waals surface area contributed by atoms with E-state index in [1.807, 2.05) is 0 Å². The maximum absolute atomic E-state index is 4.52. The van der Waals surface area contributed by atoms with Crippen molar-refractivity contribution in [2.75, 3.05) is 26.2 Å². The van der Waals surface area contributed by atoms with Crippen molar-refractivity contribution in [2.24, 2.45) is 0 Å². The minimum atomic E-state index is 0.654. The van der Waals surface area contributed by atoms with Gasteiger partial charge in [-0.05, 0) is 25.7 Å². The van der Waals surface area contributed by atoms with Gasteiger partial charge in [-0.1, -0.05) is 6.42 Å². The first kappa shape index (κ1) is 9.81. The van der Waals surface area contributed by atoms with E-state index in [0.717, 1.165) is 0 Å². The number of hydrazine groups is 1. The summed E-state index contributed by atoms with van der Waals surface area (Å²) in [4.78, 5) is 0. The van der Waals surface area contributed by atoms with E-state index in [0.29, 0.717) is 5.25 Å². The van der Waals surface area contributed by atoms with Gasteiger partial charge >= 0.3 is 0 Å². The van der Waals surface area contributed by atoms with E-state index in [4.69, 9.17) is 0 Å². The average Bonchev–Trinajstić information content (AvgIpc) is 2.20. The van der Waals surface area contributed by atoms with Gasteiger partial charge in [0.25, 0.3) is 0 Å². The second-order valence-corrected chi connectivity index (χ2v) is 4.93. The number of nitrogens with zero attached hydrogens (tertiary/aromatic N) is 2. The lowest BCUT2D eigenvalue weighted by Crippen LogP contribution is -2.49. The second kappa shape index (κ2) is 4.67. The van der Waals surface area contributed by atoms with Crippen molar-refractivity contribution in [1.82, 2.24) is 10.0 Å². The van der Waals surface area contributed by atoms with Crippen LogP contribution in [0.4, 0.5) is 0 Å². The van der Waals surface area contributed by atoms with Crippen LogP contribution in [-0.2, 0) is 0 Å². The maximum atomic E-state index is 4.52. The largest absolute Gasteiger partial charge is 0.242 e. The van der Waals surface area contributed by atoms with Gasteiger partial charge in [0.05, 0.1) is 0 Å². The highest BCUT2D eigenvalue weighted by Gasteiger charge is 2.22. The Morgan fingerprint density at radius 2 is 1.31 bits per heavy atom. The average molecular weight is 200 g/mol. The molecule has 13 heavy (non-hydrogen) atoms. The molecule has 2 aliphatic heterocycles. The standard InChI is InChI=1S/C10H20N2S/c13-10-4-8-12(9-5-10)11-6-2-1-3-7-11/h10,13H,1-9H2. The summed E-state index contributed by atoms with van der Waals surface area (Å²) in [5.74, 6) is 0. The molecule has 0 aromatic heterocycles. The first-order valence-electron chi connectivity index (χ1n) is 5.54. The molecule has 2 heterocycles. The summed E-state index contributed by atoms with van der Waals surface area (Å²) in [5, 5.41) is 5.76. The van der Waals surface area contributed by atoms with Crippen LogP contribution in [0.15, 0.2) is 0 Å². The lowest BCUT2D eigenvalue weighted by Gasteiger charge is -2.40. The summed E-state index contributed by atoms with van der Waals surface area (Å²) in [6, 6.07) is 0. The summed E-state index contributed by atoms with van der Waals surface area (Å²) in [7, 11) is 0. The zero-order valence-corrected chi connectivity index (χ0v) is 9.18. The molecule has 0 radical (unpaired) electrons. The fraction of sp³-hybridized carbons (Fsp3) is 1.00. The molecular weight excluding hydrogens is 180 g/mol. The third kappa shape index (κ3) is 2.61. The molecule has 2 fully saturated rings. The number of thiol groups is 1. The Morgan fingerprint density at radius 3 is 1.92 bits per heavy atom. The van der Waals surface area contributed by atoms with Gasteiger partial charge in [-0.25, -0.2) is 10.0 Å². The Kier molecular flexibility index (Phi) is 3.52. The van der Waals surface area contributed by atoms with Gasteiger partial charge in [-0.3, -0.25) is 0 Å². The van der Waals surface area contributed by atoms with E-state index in [2.05, 4.69) is 22.6 Å². The molecule has 0 saturated carbocycles. The maximum Gasteiger partial charge on any atom is 0.0143 e. The molecule has 0 aromatic rings. The van der Waals surface area contributed by atoms with Gasteiger partial charge in [-0.15, -0.1) is 0 Å². The summed E-state index contributed by atoms with van der Waals surface area (Å²) >= 11 is 4.52. The normalized spacial score (nSPS) is 29.3. The quantitative estimate of drug-likeness (QED) is 0.645. The van der Waals surface area contributed by atoms with Crippen molar-refractivity contribution in [3.8, 4) is 0 Å². The van der Waals surface area contributed by atoms with E-state index in [-0.39, 0.29) is 0 Å². The Labute approximate surface area is 86.7 Å². The van der Waals surface area contributed by atoms with Crippen LogP contribution < -0.4 is 0 Å². The molecule has 0 atom stereocenters. The van der Waals surface area contributed by atoms with Crippen molar-refractivity contribution in [3.05, 3.63) is 0 Å². The SMILES string of the molecule is SC1CCN(N2CCCCC2)CC1. The van der Waals surface area contributed by atoms with E-state index in [9.17, 15) is 0 Å². The highest BCUT2D eigenvalue weighted by molar-refractivity contribution is 7.80. The van der Waals surface area contributed by atoms with Gasteiger partial charge in [0.15, 0.2) is 0 Å². The summed E-state index contributed by atoms with van der Waals surface area (Å²) < 4.78 is 0. The Bertz CT molecular complexity index is 149. The van der Waals surface area contributed by atoms with Crippen LogP contribution in [0.2, 0.25) is 0 Å². The van der Waals surface area contributed by atoms with Crippen LogP contribution in [0.5, 0.6) is 0 Å². The van der Waals surface area contributed by atoms with Gasteiger partial charge in [-0.2, -0.15) is 12.6 Å². The predicted octanol–water partition coefficient (Wildman–Crippen LogP) is 1.78. The fourth-order valence-corrected chi connectivity index (χ4v) is 2.53. The smallest absolute Gasteiger partial charge is 0.0143 e. The number of rotatable bonds is 1. The molecule has 76 valence electrons. The molecule has 0 aliphatic carbocycles. The predicted molar refractivity (Wildman–Crippen MR) is 59.0 cm³/mol. The number of hydrogen-bond donors (Lipinski definition) is 1. The molecule has 2 aliphatic rings. The van der Waals surface area contributed by atoms with Crippen molar-refractivity contribution in [2.45, 2.75) is 37.4 Å².